The molecule has 1 atom stereocenters. The van der Waals surface area contributed by atoms with Crippen molar-refractivity contribution >= 4 is 31.7 Å². The largest absolute Gasteiger partial charge is 0.480 e. The van der Waals surface area contributed by atoms with Crippen LogP contribution < -0.4 is 5.32 Å². The van der Waals surface area contributed by atoms with Crippen LogP contribution in [0.3, 0.4) is 0 Å². The van der Waals surface area contributed by atoms with Crippen molar-refractivity contribution in [3.05, 3.63) is 95.1 Å². The summed E-state index contributed by atoms with van der Waals surface area (Å²) in [6.07, 6.45) is 2.57. The second-order valence-electron chi connectivity index (χ2n) is 10.7. The Balaban J connectivity index is 1.99. The summed E-state index contributed by atoms with van der Waals surface area (Å²) in [4.78, 5) is 25.3. The van der Waals surface area contributed by atoms with E-state index in [1.807, 2.05) is 68.4 Å². The highest BCUT2D eigenvalue weighted by Crippen LogP contribution is 2.29. The number of sulfone groups is 1. The molecule has 0 fully saturated rings. The molecular formula is C32H40N2O7S2. The first-order valence-electron chi connectivity index (χ1n) is 14.2. The lowest BCUT2D eigenvalue weighted by Crippen LogP contribution is -2.42. The molecule has 2 N–H and O–H groups in total. The van der Waals surface area contributed by atoms with Crippen molar-refractivity contribution < 1.29 is 31.5 Å². The van der Waals surface area contributed by atoms with Gasteiger partial charge < -0.3 is 10.4 Å². The number of sulfonamides is 1. The van der Waals surface area contributed by atoms with E-state index >= 15 is 0 Å². The van der Waals surface area contributed by atoms with Crippen molar-refractivity contribution in [2.75, 3.05) is 24.3 Å². The van der Waals surface area contributed by atoms with Crippen molar-refractivity contribution in [3.63, 3.8) is 0 Å². The van der Waals surface area contributed by atoms with Crippen LogP contribution in [-0.4, -0.2) is 68.5 Å². The summed E-state index contributed by atoms with van der Waals surface area (Å²) in [5.74, 6) is -2.35. The number of hydrogen-bond donors (Lipinski definition) is 2. The summed E-state index contributed by atoms with van der Waals surface area (Å²) in [7, 11) is -7.01. The van der Waals surface area contributed by atoms with Crippen LogP contribution in [0.5, 0.6) is 0 Å². The lowest BCUT2D eigenvalue weighted by molar-refractivity contribution is -0.139. The quantitative estimate of drug-likeness (QED) is 0.239. The van der Waals surface area contributed by atoms with E-state index in [1.165, 1.54) is 4.31 Å². The summed E-state index contributed by atoms with van der Waals surface area (Å²) >= 11 is 0. The van der Waals surface area contributed by atoms with E-state index in [2.05, 4.69) is 5.32 Å². The number of rotatable bonds is 16. The number of carboxylic acid groups (broad SMARTS) is 1. The van der Waals surface area contributed by atoms with Crippen LogP contribution in [0.4, 0.5) is 0 Å². The molecule has 0 saturated heterocycles. The summed E-state index contributed by atoms with van der Waals surface area (Å²) in [6.45, 7) is 4.22. The minimum atomic E-state index is -3.57. The molecule has 0 aromatic heterocycles. The van der Waals surface area contributed by atoms with Gasteiger partial charge >= 0.3 is 5.97 Å². The molecule has 3 aromatic rings. The molecule has 3 aromatic carbocycles. The third kappa shape index (κ3) is 10.3. The van der Waals surface area contributed by atoms with Gasteiger partial charge in [-0.05, 0) is 66.1 Å². The summed E-state index contributed by atoms with van der Waals surface area (Å²) in [6, 6.07) is 20.7. The molecule has 0 aliphatic heterocycles. The lowest BCUT2D eigenvalue weighted by atomic mass is 9.93. The van der Waals surface area contributed by atoms with Gasteiger partial charge in [-0.3, -0.25) is 4.79 Å². The lowest BCUT2D eigenvalue weighted by Gasteiger charge is -2.23. The van der Waals surface area contributed by atoms with Crippen LogP contribution in [0.25, 0.3) is 11.1 Å². The van der Waals surface area contributed by atoms with E-state index < -0.39 is 37.8 Å². The Bertz CT molecular complexity index is 1620. The zero-order valence-electron chi connectivity index (χ0n) is 24.8. The number of nitrogens with one attached hydrogen (secondary N) is 1. The third-order valence-electron chi connectivity index (χ3n) is 7.15. The third-order valence-corrected chi connectivity index (χ3v) is 10.0. The van der Waals surface area contributed by atoms with Crippen molar-refractivity contribution in [2.24, 2.45) is 0 Å². The van der Waals surface area contributed by atoms with Crippen LogP contribution in [0, 0.1) is 6.92 Å². The van der Waals surface area contributed by atoms with E-state index in [4.69, 9.17) is 0 Å². The standard InChI is InChI=1S/C32H40N2O7S2/c1-4-5-20-43(40,41)34(19-17-25-12-7-6-8-13-25)23-26-15-16-28(29(22-26)27-14-10-9-11-24(27)2)31(35)33-30(32(36)37)18-21-42(3,38)39/h6-16,22,30H,4-5,17-21,23H2,1-3H3,(H,33,35)(H,36,37). The average molecular weight is 629 g/mol. The molecule has 0 aliphatic carbocycles. The fraction of sp³-hybridized carbons (Fsp3) is 0.375. The van der Waals surface area contributed by atoms with E-state index in [0.29, 0.717) is 30.5 Å². The molecule has 1 amide bonds. The molecule has 9 nitrogen and oxygen atoms in total. The van der Waals surface area contributed by atoms with Crippen LogP contribution in [0.1, 0.15) is 53.2 Å². The van der Waals surface area contributed by atoms with E-state index in [-0.39, 0.29) is 30.0 Å². The first kappa shape index (κ1) is 34.0. The predicted molar refractivity (Wildman–Crippen MR) is 169 cm³/mol. The van der Waals surface area contributed by atoms with Gasteiger partial charge in [0.05, 0.1) is 11.5 Å². The highest BCUT2D eigenvalue weighted by Gasteiger charge is 2.26. The highest BCUT2D eigenvalue weighted by molar-refractivity contribution is 7.90. The number of aryl methyl sites for hydroxylation is 1. The smallest absolute Gasteiger partial charge is 0.326 e. The minimum absolute atomic E-state index is 0.0352. The molecule has 43 heavy (non-hydrogen) atoms. The molecule has 11 heteroatoms. The van der Waals surface area contributed by atoms with Crippen molar-refractivity contribution in [3.8, 4) is 11.1 Å². The van der Waals surface area contributed by atoms with Gasteiger partial charge in [0.1, 0.15) is 15.9 Å². The molecule has 1 unspecified atom stereocenters. The van der Waals surface area contributed by atoms with Crippen LogP contribution in [-0.2, 0) is 37.6 Å². The second kappa shape index (κ2) is 15.3. The van der Waals surface area contributed by atoms with Crippen LogP contribution in [0.2, 0.25) is 0 Å². The minimum Gasteiger partial charge on any atom is -0.480 e. The zero-order chi connectivity index (χ0) is 31.6. The molecule has 0 bridgehead atoms. The summed E-state index contributed by atoms with van der Waals surface area (Å²) in [5.41, 5.74) is 4.03. The van der Waals surface area contributed by atoms with Crippen molar-refractivity contribution in [1.82, 2.24) is 9.62 Å². The van der Waals surface area contributed by atoms with E-state index in [1.54, 1.807) is 18.2 Å². The van der Waals surface area contributed by atoms with Gasteiger partial charge in [0, 0.05) is 24.9 Å². The maximum atomic E-state index is 13.4. The highest BCUT2D eigenvalue weighted by atomic mass is 32.2. The molecule has 0 aliphatic rings. The monoisotopic (exact) mass is 628 g/mol. The van der Waals surface area contributed by atoms with Crippen molar-refractivity contribution in [1.29, 1.82) is 0 Å². The Morgan fingerprint density at radius 1 is 0.884 bits per heavy atom. The molecule has 0 radical (unpaired) electrons. The topological polar surface area (TPSA) is 138 Å². The Morgan fingerprint density at radius 3 is 2.19 bits per heavy atom. The molecule has 0 saturated carbocycles. The number of nitrogens with zero attached hydrogens (tertiary/aromatic N) is 1. The summed E-state index contributed by atoms with van der Waals surface area (Å²) in [5, 5.41) is 12.1. The van der Waals surface area contributed by atoms with Gasteiger partial charge in [0.15, 0.2) is 0 Å². The first-order valence-corrected chi connectivity index (χ1v) is 17.9. The first-order chi connectivity index (χ1) is 20.3. The second-order valence-corrected chi connectivity index (χ2v) is 15.1. The molecule has 3 rings (SSSR count). The van der Waals surface area contributed by atoms with Gasteiger partial charge in [-0.15, -0.1) is 0 Å². The normalized spacial score (nSPS) is 12.7. The Kier molecular flexibility index (Phi) is 12.1. The van der Waals surface area contributed by atoms with E-state index in [9.17, 15) is 31.5 Å². The Labute approximate surface area is 254 Å². The Hall–Kier alpha value is -3.54. The van der Waals surface area contributed by atoms with Gasteiger partial charge in [-0.2, -0.15) is 4.31 Å². The van der Waals surface area contributed by atoms with Gasteiger partial charge in [0.2, 0.25) is 10.0 Å². The number of carboxylic acids is 1. The van der Waals surface area contributed by atoms with Gasteiger partial charge in [0.25, 0.3) is 5.91 Å². The predicted octanol–water partition coefficient (Wildman–Crippen LogP) is 4.45. The fourth-order valence-electron chi connectivity index (χ4n) is 4.69. The number of carbonyl (C=O) groups excluding carboxylic acids is 1. The zero-order valence-corrected chi connectivity index (χ0v) is 26.5. The molecule has 0 spiro atoms. The number of amides is 1. The maximum absolute atomic E-state index is 13.4. The maximum Gasteiger partial charge on any atom is 0.326 e. The number of hydrogen-bond acceptors (Lipinski definition) is 6. The number of unbranched alkanes of at least 4 members (excludes halogenated alkanes) is 1. The Morgan fingerprint density at radius 2 is 1.56 bits per heavy atom. The number of carbonyl (C=O) groups is 2. The average Bonchev–Trinajstić information content (AvgIpc) is 2.96. The number of benzene rings is 3. The van der Waals surface area contributed by atoms with Crippen molar-refractivity contribution in [2.45, 2.75) is 52.1 Å². The van der Waals surface area contributed by atoms with Gasteiger partial charge in [-0.1, -0.05) is 74.0 Å². The molecule has 232 valence electrons. The summed E-state index contributed by atoms with van der Waals surface area (Å²) < 4.78 is 51.5. The molecular weight excluding hydrogens is 588 g/mol. The number of aliphatic carboxylic acids is 1. The SMILES string of the molecule is CCCCS(=O)(=O)N(CCc1ccccc1)Cc1ccc(C(=O)NC(CCS(C)(=O)=O)C(=O)O)c(-c2ccccc2C)c1. The van der Waals surface area contributed by atoms with Crippen LogP contribution in [0.15, 0.2) is 72.8 Å². The van der Waals surface area contributed by atoms with Gasteiger partial charge in [-0.25, -0.2) is 21.6 Å². The molecule has 0 heterocycles. The fourth-order valence-corrected chi connectivity index (χ4v) is 6.98. The van der Waals surface area contributed by atoms with E-state index in [0.717, 1.165) is 29.4 Å². The van der Waals surface area contributed by atoms with Crippen LogP contribution >= 0.6 is 0 Å².